The summed E-state index contributed by atoms with van der Waals surface area (Å²) in [4.78, 5) is 32.7. The molecule has 3 heterocycles. The number of hydrogen-bond donors (Lipinski definition) is 0. The molecule has 6 rings (SSSR count). The molecule has 57 heavy (non-hydrogen) atoms. The Kier molecular flexibility index (Phi) is 16.0. The number of azo groups is 2. The number of nitro benzene ring substituents is 1. The van der Waals surface area contributed by atoms with Gasteiger partial charge >= 0.3 is 16.5 Å². The van der Waals surface area contributed by atoms with E-state index in [0.29, 0.717) is 34.0 Å². The van der Waals surface area contributed by atoms with Crippen LogP contribution >= 0.6 is 0 Å². The second kappa shape index (κ2) is 21.7. The molecule has 0 saturated heterocycles. The van der Waals surface area contributed by atoms with Crippen LogP contribution in [0.4, 0.5) is 34.3 Å². The van der Waals surface area contributed by atoms with Crippen LogP contribution < -0.4 is 9.47 Å². The summed E-state index contributed by atoms with van der Waals surface area (Å²) in [6.45, 7) is 0. The van der Waals surface area contributed by atoms with Gasteiger partial charge in [0, 0.05) is 53.0 Å². The SMILES string of the molecule is COc1ccc(N=NC(=N[N-]c2[c-]ccc([N+](=O)[O-])c2)c2cccnc2)cc1.COc1ccc(N=NC(=N[N-]c2cc([N+](=O)[O-])ccn2)c2cccnc2)cc1.[Ni+3]. The zero-order valence-electron chi connectivity index (χ0n) is 29.8. The van der Waals surface area contributed by atoms with E-state index in [0.717, 1.165) is 0 Å². The first-order valence-corrected chi connectivity index (χ1v) is 16.1. The number of aromatic nitrogens is 3. The summed E-state index contributed by atoms with van der Waals surface area (Å²) in [6.07, 6.45) is 7.64. The monoisotopic (exact) mass is 808 g/mol. The predicted octanol–water partition coefficient (Wildman–Crippen LogP) is 9.49. The minimum Gasteiger partial charge on any atom is -0.595 e. The van der Waals surface area contributed by atoms with Crippen molar-refractivity contribution in [3.05, 3.63) is 182 Å². The third kappa shape index (κ3) is 13.2. The maximum absolute atomic E-state index is 10.9. The van der Waals surface area contributed by atoms with Crippen LogP contribution in [0.15, 0.2) is 165 Å². The zero-order valence-corrected chi connectivity index (χ0v) is 30.8. The quantitative estimate of drug-likeness (QED) is 0.0217. The van der Waals surface area contributed by atoms with Gasteiger partial charge in [-0.1, -0.05) is 12.3 Å². The van der Waals surface area contributed by atoms with Gasteiger partial charge in [0.15, 0.2) is 17.4 Å². The average molecular weight is 809 g/mol. The summed E-state index contributed by atoms with van der Waals surface area (Å²) in [5.41, 5.74) is 10.3. The molecule has 20 heteroatoms. The van der Waals surface area contributed by atoms with E-state index in [4.69, 9.17) is 9.47 Å². The number of methoxy groups -OCH3 is 2. The van der Waals surface area contributed by atoms with Crippen molar-refractivity contribution in [1.29, 1.82) is 0 Å². The Bertz CT molecular complexity index is 2180. The standard InChI is InChI=1S/C19H14N6O3.C18H14N7O3.Ni/c1-28-18-9-7-15(8-10-18)21-23-19(14-4-3-11-20-13-14)24-22-16-5-2-6-17(12-16)25(26)27;1-28-16-6-4-14(5-7-16)21-23-18(13-3-2-9-19-12-13)24-22-17-11-15(25(26)27)8-10-20-17;/h2-4,6-13H,1H3;2-12H,1H3;/q-2;-1;+3. The Morgan fingerprint density at radius 1 is 0.667 bits per heavy atom. The van der Waals surface area contributed by atoms with Crippen LogP contribution in [0.2, 0.25) is 0 Å². The van der Waals surface area contributed by atoms with E-state index in [1.165, 1.54) is 36.5 Å². The zero-order chi connectivity index (χ0) is 39.5. The molecular formula is C37H28N13NiO6. The van der Waals surface area contributed by atoms with Crippen LogP contribution in [0.5, 0.6) is 11.5 Å². The van der Waals surface area contributed by atoms with E-state index in [2.05, 4.69) is 62.5 Å². The third-order valence-electron chi connectivity index (χ3n) is 6.92. The van der Waals surface area contributed by atoms with Crippen molar-refractivity contribution >= 4 is 45.9 Å². The molecule has 0 aliphatic carbocycles. The van der Waals surface area contributed by atoms with Crippen molar-refractivity contribution in [2.75, 3.05) is 14.2 Å². The number of ether oxygens (including phenoxy) is 2. The van der Waals surface area contributed by atoms with Gasteiger partial charge in [-0.05, 0) is 78.6 Å². The molecule has 1 radical (unpaired) electrons. The molecule has 0 amide bonds. The van der Waals surface area contributed by atoms with Gasteiger partial charge < -0.3 is 30.4 Å². The van der Waals surface area contributed by atoms with Gasteiger partial charge in [-0.2, -0.15) is 12.1 Å². The van der Waals surface area contributed by atoms with Gasteiger partial charge in [0.1, 0.15) is 11.5 Å². The van der Waals surface area contributed by atoms with Gasteiger partial charge in [0.2, 0.25) is 0 Å². The van der Waals surface area contributed by atoms with Crippen LogP contribution in [0.25, 0.3) is 10.9 Å². The number of benzene rings is 3. The molecule has 0 aliphatic heterocycles. The molecule has 0 fully saturated rings. The second-order valence-corrected chi connectivity index (χ2v) is 10.6. The van der Waals surface area contributed by atoms with Crippen LogP contribution in [-0.2, 0) is 16.5 Å². The Balaban J connectivity index is 0.000000248. The largest absolute Gasteiger partial charge is 3.00 e. The smallest absolute Gasteiger partial charge is 0.595 e. The first kappa shape index (κ1) is 41.9. The molecule has 0 bridgehead atoms. The van der Waals surface area contributed by atoms with Crippen molar-refractivity contribution in [3.8, 4) is 11.5 Å². The minimum absolute atomic E-state index is 0. The molecule has 3 aromatic carbocycles. The molecule has 0 saturated carbocycles. The minimum atomic E-state index is -0.532. The summed E-state index contributed by atoms with van der Waals surface area (Å²) in [5, 5.41) is 46.4. The Morgan fingerprint density at radius 2 is 1.18 bits per heavy atom. The first-order valence-electron chi connectivity index (χ1n) is 16.1. The first-order chi connectivity index (χ1) is 27.3. The number of nitro groups is 2. The topological polar surface area (TPSA) is 246 Å². The van der Waals surface area contributed by atoms with E-state index in [1.54, 1.807) is 112 Å². The summed E-state index contributed by atoms with van der Waals surface area (Å²) in [6, 6.07) is 30.2. The molecule has 0 spiro atoms. The molecular weight excluding hydrogens is 781 g/mol. The molecule has 0 aliphatic rings. The Labute approximate surface area is 334 Å². The molecule has 0 N–H and O–H groups in total. The normalized spacial score (nSPS) is 11.2. The van der Waals surface area contributed by atoms with E-state index < -0.39 is 9.85 Å². The van der Waals surface area contributed by atoms with Crippen molar-refractivity contribution in [1.82, 2.24) is 15.0 Å². The van der Waals surface area contributed by atoms with Gasteiger partial charge in [-0.3, -0.25) is 30.2 Å². The fourth-order valence-corrected chi connectivity index (χ4v) is 4.16. The maximum Gasteiger partial charge on any atom is 3.00 e. The third-order valence-corrected chi connectivity index (χ3v) is 6.92. The Morgan fingerprint density at radius 3 is 1.65 bits per heavy atom. The van der Waals surface area contributed by atoms with E-state index in [-0.39, 0.29) is 51.0 Å². The fraction of sp³-hybridized carbons (Fsp3) is 0.0541. The van der Waals surface area contributed by atoms with Crippen LogP contribution in [-0.4, -0.2) is 50.7 Å². The second-order valence-electron chi connectivity index (χ2n) is 10.6. The molecule has 0 atom stereocenters. The van der Waals surface area contributed by atoms with Crippen molar-refractivity contribution in [3.63, 3.8) is 0 Å². The number of non-ortho nitro benzene ring substituents is 1. The van der Waals surface area contributed by atoms with Gasteiger partial charge in [-0.25, -0.2) is 10.8 Å². The fourth-order valence-electron chi connectivity index (χ4n) is 4.16. The van der Waals surface area contributed by atoms with E-state index >= 15 is 0 Å². The average Bonchev–Trinajstić information content (AvgIpc) is 3.25. The van der Waals surface area contributed by atoms with Crippen LogP contribution in [0.1, 0.15) is 11.1 Å². The van der Waals surface area contributed by atoms with Crippen LogP contribution in [0.3, 0.4) is 0 Å². The van der Waals surface area contributed by atoms with E-state index in [1.807, 2.05) is 0 Å². The molecule has 287 valence electrons. The van der Waals surface area contributed by atoms with Crippen molar-refractivity contribution < 1.29 is 35.8 Å². The van der Waals surface area contributed by atoms with E-state index in [9.17, 15) is 20.2 Å². The van der Waals surface area contributed by atoms with Crippen molar-refractivity contribution in [2.24, 2.45) is 30.7 Å². The number of rotatable bonds is 12. The number of amidine groups is 2. The maximum atomic E-state index is 10.9. The molecule has 3 aromatic heterocycles. The summed E-state index contributed by atoms with van der Waals surface area (Å²) in [5.74, 6) is 1.86. The summed E-state index contributed by atoms with van der Waals surface area (Å²) < 4.78 is 10.2. The van der Waals surface area contributed by atoms with Crippen molar-refractivity contribution in [2.45, 2.75) is 0 Å². The molecule has 0 unspecified atom stereocenters. The van der Waals surface area contributed by atoms with Gasteiger partial charge in [0.05, 0.1) is 30.5 Å². The molecule has 6 aromatic rings. The Hall–Kier alpha value is -7.86. The molecule has 19 nitrogen and oxygen atoms in total. The number of pyridine rings is 3. The van der Waals surface area contributed by atoms with Crippen LogP contribution in [0, 0.1) is 26.3 Å². The van der Waals surface area contributed by atoms with Gasteiger partial charge in [-0.15, -0.1) is 26.5 Å². The number of hydrogen-bond acceptors (Lipinski definition) is 13. The number of nitrogens with zero attached hydrogens (tertiary/aromatic N) is 13. The summed E-state index contributed by atoms with van der Waals surface area (Å²) >= 11 is 0. The van der Waals surface area contributed by atoms with Gasteiger partial charge in [0.25, 0.3) is 5.69 Å². The predicted molar refractivity (Wildman–Crippen MR) is 205 cm³/mol. The summed E-state index contributed by atoms with van der Waals surface area (Å²) in [7, 11) is 3.16.